The van der Waals surface area contributed by atoms with E-state index in [4.69, 9.17) is 4.74 Å². The second kappa shape index (κ2) is 10.1. The van der Waals surface area contributed by atoms with Crippen molar-refractivity contribution in [2.75, 3.05) is 13.1 Å². The molecule has 0 aliphatic heterocycles. The van der Waals surface area contributed by atoms with E-state index in [-0.39, 0.29) is 6.09 Å². The Labute approximate surface area is 118 Å². The van der Waals surface area contributed by atoms with Gasteiger partial charge in [-0.1, -0.05) is 32.6 Å². The molecular weight excluding hydrogens is 240 g/mol. The minimum absolute atomic E-state index is 0.343. The maximum atomic E-state index is 11.4. The summed E-state index contributed by atoms with van der Waals surface area (Å²) in [7, 11) is 0. The van der Waals surface area contributed by atoms with Gasteiger partial charge in [0.25, 0.3) is 0 Å². The number of hydrogen-bond acceptors (Lipinski definition) is 3. The van der Waals surface area contributed by atoms with Crippen LogP contribution < -0.4 is 10.6 Å². The van der Waals surface area contributed by atoms with E-state index in [1.165, 1.54) is 32.1 Å². The van der Waals surface area contributed by atoms with Gasteiger partial charge in [0.1, 0.15) is 5.60 Å². The number of carbonyl (C=O) groups excluding carboxylic acids is 1. The molecule has 1 unspecified atom stereocenters. The number of ether oxygens (including phenoxy) is 1. The Bertz CT molecular complexity index is 237. The summed E-state index contributed by atoms with van der Waals surface area (Å²) in [5, 5.41) is 6.15. The summed E-state index contributed by atoms with van der Waals surface area (Å²) in [6.07, 6.45) is 6.06. The van der Waals surface area contributed by atoms with Gasteiger partial charge in [-0.25, -0.2) is 4.79 Å². The van der Waals surface area contributed by atoms with E-state index in [0.29, 0.717) is 12.6 Å². The zero-order valence-corrected chi connectivity index (χ0v) is 13.3. The molecule has 0 radical (unpaired) electrons. The van der Waals surface area contributed by atoms with Gasteiger partial charge >= 0.3 is 6.09 Å². The van der Waals surface area contributed by atoms with E-state index in [0.717, 1.165) is 6.54 Å². The van der Waals surface area contributed by atoms with Gasteiger partial charge in [-0.2, -0.15) is 0 Å². The van der Waals surface area contributed by atoms with Crippen molar-refractivity contribution in [3.05, 3.63) is 0 Å². The third-order valence-corrected chi connectivity index (χ3v) is 2.78. The molecule has 114 valence electrons. The molecule has 1 amide bonds. The average Bonchev–Trinajstić information content (AvgIpc) is 2.28. The van der Waals surface area contributed by atoms with Crippen molar-refractivity contribution in [3.63, 3.8) is 0 Å². The molecule has 0 aromatic heterocycles. The van der Waals surface area contributed by atoms with E-state index in [1.807, 2.05) is 20.8 Å². The van der Waals surface area contributed by atoms with Crippen LogP contribution in [0, 0.1) is 0 Å². The molecule has 0 aliphatic carbocycles. The van der Waals surface area contributed by atoms with Gasteiger partial charge in [-0.05, 0) is 34.1 Å². The standard InChI is InChI=1S/C15H32N2O2/c1-6-7-8-9-10-13(2)16-11-12-17-14(18)19-15(3,4)5/h13,16H,6-12H2,1-5H3,(H,17,18). The van der Waals surface area contributed by atoms with Crippen LogP contribution in [-0.2, 0) is 4.74 Å². The van der Waals surface area contributed by atoms with Crippen molar-refractivity contribution in [1.82, 2.24) is 10.6 Å². The van der Waals surface area contributed by atoms with E-state index >= 15 is 0 Å². The molecule has 19 heavy (non-hydrogen) atoms. The van der Waals surface area contributed by atoms with E-state index in [9.17, 15) is 4.79 Å². The Morgan fingerprint density at radius 3 is 2.42 bits per heavy atom. The molecule has 0 saturated heterocycles. The highest BCUT2D eigenvalue weighted by Gasteiger charge is 2.15. The number of hydrogen-bond donors (Lipinski definition) is 2. The highest BCUT2D eigenvalue weighted by atomic mass is 16.6. The van der Waals surface area contributed by atoms with Gasteiger partial charge < -0.3 is 15.4 Å². The topological polar surface area (TPSA) is 50.4 Å². The van der Waals surface area contributed by atoms with Gasteiger partial charge in [-0.3, -0.25) is 0 Å². The van der Waals surface area contributed by atoms with E-state index < -0.39 is 5.60 Å². The molecule has 0 aromatic rings. The Morgan fingerprint density at radius 2 is 1.84 bits per heavy atom. The zero-order chi connectivity index (χ0) is 14.7. The predicted octanol–water partition coefficient (Wildman–Crippen LogP) is 3.46. The first-order valence-electron chi connectivity index (χ1n) is 7.55. The van der Waals surface area contributed by atoms with Crippen molar-refractivity contribution >= 4 is 6.09 Å². The maximum absolute atomic E-state index is 11.4. The summed E-state index contributed by atoms with van der Waals surface area (Å²) in [4.78, 5) is 11.4. The molecule has 0 bridgehead atoms. The predicted molar refractivity (Wildman–Crippen MR) is 80.5 cm³/mol. The fourth-order valence-electron chi connectivity index (χ4n) is 1.78. The van der Waals surface area contributed by atoms with Crippen LogP contribution in [0.1, 0.15) is 66.7 Å². The quantitative estimate of drug-likeness (QED) is 0.632. The number of unbranched alkanes of at least 4 members (excludes halogenated alkanes) is 3. The lowest BCUT2D eigenvalue weighted by atomic mass is 10.1. The number of rotatable bonds is 9. The van der Waals surface area contributed by atoms with Crippen LogP contribution in [0.3, 0.4) is 0 Å². The van der Waals surface area contributed by atoms with Gasteiger partial charge in [0, 0.05) is 19.1 Å². The van der Waals surface area contributed by atoms with Crippen LogP contribution in [0.5, 0.6) is 0 Å². The summed E-state index contributed by atoms with van der Waals surface area (Å²) in [5.41, 5.74) is -0.427. The smallest absolute Gasteiger partial charge is 0.407 e. The average molecular weight is 272 g/mol. The molecular formula is C15H32N2O2. The minimum Gasteiger partial charge on any atom is -0.444 e. The van der Waals surface area contributed by atoms with Crippen molar-refractivity contribution in [3.8, 4) is 0 Å². The Kier molecular flexibility index (Phi) is 9.66. The molecule has 4 heteroatoms. The van der Waals surface area contributed by atoms with Gasteiger partial charge in [0.2, 0.25) is 0 Å². The molecule has 0 aliphatic rings. The fourth-order valence-corrected chi connectivity index (χ4v) is 1.78. The van der Waals surface area contributed by atoms with Crippen molar-refractivity contribution in [1.29, 1.82) is 0 Å². The molecule has 2 N–H and O–H groups in total. The molecule has 4 nitrogen and oxygen atoms in total. The number of alkyl carbamates (subject to hydrolysis) is 1. The number of carbonyl (C=O) groups is 1. The highest BCUT2D eigenvalue weighted by Crippen LogP contribution is 2.06. The molecule has 1 atom stereocenters. The summed E-state index contributed by atoms with van der Waals surface area (Å²) < 4.78 is 5.16. The molecule has 0 spiro atoms. The summed E-state index contributed by atoms with van der Waals surface area (Å²) in [6.45, 7) is 11.4. The first-order chi connectivity index (χ1) is 8.85. The Hall–Kier alpha value is -0.770. The maximum Gasteiger partial charge on any atom is 0.407 e. The van der Waals surface area contributed by atoms with Crippen molar-refractivity contribution in [2.45, 2.75) is 78.4 Å². The summed E-state index contributed by atoms with van der Waals surface area (Å²) >= 11 is 0. The van der Waals surface area contributed by atoms with Crippen LogP contribution in [0.25, 0.3) is 0 Å². The minimum atomic E-state index is -0.427. The summed E-state index contributed by atoms with van der Waals surface area (Å²) in [6, 6.07) is 0.511. The molecule has 0 saturated carbocycles. The van der Waals surface area contributed by atoms with E-state index in [1.54, 1.807) is 0 Å². The SMILES string of the molecule is CCCCCCC(C)NCCNC(=O)OC(C)(C)C. The Balaban J connectivity index is 3.45. The van der Waals surface area contributed by atoms with Crippen LogP contribution in [-0.4, -0.2) is 30.8 Å². The van der Waals surface area contributed by atoms with Crippen molar-refractivity contribution in [2.24, 2.45) is 0 Å². The normalized spacial score (nSPS) is 13.1. The first-order valence-corrected chi connectivity index (χ1v) is 7.55. The van der Waals surface area contributed by atoms with Crippen molar-refractivity contribution < 1.29 is 9.53 Å². The van der Waals surface area contributed by atoms with Crippen LogP contribution in [0.4, 0.5) is 4.79 Å². The van der Waals surface area contributed by atoms with Crippen LogP contribution >= 0.6 is 0 Å². The third kappa shape index (κ3) is 13.5. The molecule has 0 rings (SSSR count). The first kappa shape index (κ1) is 18.2. The third-order valence-electron chi connectivity index (χ3n) is 2.78. The molecule has 0 aromatic carbocycles. The lowest BCUT2D eigenvalue weighted by Crippen LogP contribution is -2.38. The number of nitrogens with one attached hydrogen (secondary N) is 2. The zero-order valence-electron chi connectivity index (χ0n) is 13.3. The number of amides is 1. The van der Waals surface area contributed by atoms with Gasteiger partial charge in [0.15, 0.2) is 0 Å². The van der Waals surface area contributed by atoms with Crippen LogP contribution in [0.15, 0.2) is 0 Å². The largest absolute Gasteiger partial charge is 0.444 e. The second-order valence-electron chi connectivity index (χ2n) is 6.13. The van der Waals surface area contributed by atoms with Crippen LogP contribution in [0.2, 0.25) is 0 Å². The highest BCUT2D eigenvalue weighted by molar-refractivity contribution is 5.67. The summed E-state index contributed by atoms with van der Waals surface area (Å²) in [5.74, 6) is 0. The lowest BCUT2D eigenvalue weighted by Gasteiger charge is -2.20. The monoisotopic (exact) mass is 272 g/mol. The second-order valence-corrected chi connectivity index (χ2v) is 6.13. The lowest BCUT2D eigenvalue weighted by molar-refractivity contribution is 0.0528. The van der Waals surface area contributed by atoms with Gasteiger partial charge in [-0.15, -0.1) is 0 Å². The Morgan fingerprint density at radius 1 is 1.16 bits per heavy atom. The molecule has 0 fully saturated rings. The van der Waals surface area contributed by atoms with Gasteiger partial charge in [0.05, 0.1) is 0 Å². The molecule has 0 heterocycles. The fraction of sp³-hybridized carbons (Fsp3) is 0.933. The van der Waals surface area contributed by atoms with E-state index in [2.05, 4.69) is 24.5 Å².